The highest BCUT2D eigenvalue weighted by molar-refractivity contribution is 6.18. The van der Waals surface area contributed by atoms with E-state index in [1.807, 2.05) is 18.3 Å². The molecule has 1 aliphatic rings. The van der Waals surface area contributed by atoms with Gasteiger partial charge >= 0.3 is 6.09 Å². The summed E-state index contributed by atoms with van der Waals surface area (Å²) < 4.78 is 5.03. The third-order valence-electron chi connectivity index (χ3n) is 3.55. The molecule has 2 aromatic rings. The van der Waals surface area contributed by atoms with E-state index >= 15 is 0 Å². The van der Waals surface area contributed by atoms with Crippen LogP contribution in [-0.2, 0) is 4.74 Å². The highest BCUT2D eigenvalue weighted by Gasteiger charge is 2.20. The number of nitrogens with one attached hydrogen (secondary N) is 1. The number of H-pyrrole nitrogens is 1. The van der Waals surface area contributed by atoms with E-state index in [9.17, 15) is 4.79 Å². The van der Waals surface area contributed by atoms with Crippen molar-refractivity contribution >= 4 is 34.3 Å². The van der Waals surface area contributed by atoms with Crippen LogP contribution < -0.4 is 0 Å². The van der Waals surface area contributed by atoms with Crippen LogP contribution in [-0.4, -0.2) is 46.5 Å². The van der Waals surface area contributed by atoms with Crippen molar-refractivity contribution in [3.05, 3.63) is 36.2 Å². The Morgan fingerprint density at radius 2 is 2.43 bits per heavy atom. The molecule has 6 heteroatoms. The lowest BCUT2D eigenvalue weighted by molar-refractivity contribution is 0.112. The number of hydrogen-bond donors (Lipinski definition) is 1. The first-order chi connectivity index (χ1) is 10.3. The van der Waals surface area contributed by atoms with Crippen LogP contribution >= 0.6 is 11.6 Å². The van der Waals surface area contributed by atoms with Gasteiger partial charge < -0.3 is 14.6 Å². The van der Waals surface area contributed by atoms with Gasteiger partial charge in [0.15, 0.2) is 0 Å². The summed E-state index contributed by atoms with van der Waals surface area (Å²) in [5, 5.41) is 0. The minimum absolute atomic E-state index is 0.250. The second kappa shape index (κ2) is 6.18. The minimum Gasteiger partial charge on any atom is -0.448 e. The number of amides is 1. The number of alkyl halides is 1. The van der Waals surface area contributed by atoms with Crippen LogP contribution in [0.1, 0.15) is 12.0 Å². The Morgan fingerprint density at radius 1 is 1.52 bits per heavy atom. The summed E-state index contributed by atoms with van der Waals surface area (Å²) in [5.74, 6) is 0.321. The fraction of sp³-hybridized carbons (Fsp3) is 0.333. The first-order valence-corrected chi connectivity index (χ1v) is 7.42. The quantitative estimate of drug-likeness (QED) is 0.887. The van der Waals surface area contributed by atoms with Crippen LogP contribution in [0.5, 0.6) is 0 Å². The maximum absolute atomic E-state index is 11.8. The van der Waals surface area contributed by atoms with Crippen molar-refractivity contribution in [3.8, 4) is 0 Å². The molecule has 0 saturated carbocycles. The smallest absolute Gasteiger partial charge is 0.410 e. The molecule has 110 valence electrons. The molecule has 0 bridgehead atoms. The molecule has 0 radical (unpaired) electrons. The van der Waals surface area contributed by atoms with Gasteiger partial charge in [-0.2, -0.15) is 0 Å². The number of halogens is 1. The molecular weight excluding hydrogens is 290 g/mol. The Hall–Kier alpha value is -2.01. The van der Waals surface area contributed by atoms with E-state index in [0.29, 0.717) is 19.0 Å². The molecule has 0 spiro atoms. The molecular formula is C15H16ClN3O2. The van der Waals surface area contributed by atoms with E-state index in [-0.39, 0.29) is 12.7 Å². The van der Waals surface area contributed by atoms with Gasteiger partial charge in [0.1, 0.15) is 6.61 Å². The van der Waals surface area contributed by atoms with Gasteiger partial charge in [-0.3, -0.25) is 4.98 Å². The Balaban J connectivity index is 1.74. The minimum atomic E-state index is -0.303. The monoisotopic (exact) mass is 305 g/mol. The van der Waals surface area contributed by atoms with E-state index in [4.69, 9.17) is 16.3 Å². The maximum atomic E-state index is 11.8. The number of pyridine rings is 1. The molecule has 1 aliphatic heterocycles. The number of nitrogens with zero attached hydrogens (tertiary/aromatic N) is 2. The summed E-state index contributed by atoms with van der Waals surface area (Å²) in [5.41, 5.74) is 4.32. The van der Waals surface area contributed by atoms with Crippen molar-refractivity contribution in [2.24, 2.45) is 0 Å². The summed E-state index contributed by atoms with van der Waals surface area (Å²) in [6.45, 7) is 1.45. The van der Waals surface area contributed by atoms with E-state index < -0.39 is 0 Å². The van der Waals surface area contributed by atoms with Crippen molar-refractivity contribution in [2.45, 2.75) is 6.42 Å². The molecule has 3 rings (SSSR count). The lowest BCUT2D eigenvalue weighted by atomic mass is 10.0. The molecule has 1 amide bonds. The van der Waals surface area contributed by atoms with Crippen molar-refractivity contribution in [1.82, 2.24) is 14.9 Å². The van der Waals surface area contributed by atoms with Crippen molar-refractivity contribution in [1.29, 1.82) is 0 Å². The number of hydrogen-bond acceptors (Lipinski definition) is 3. The molecule has 0 fully saturated rings. The molecule has 5 nitrogen and oxygen atoms in total. The summed E-state index contributed by atoms with van der Waals surface area (Å²) in [7, 11) is 0. The topological polar surface area (TPSA) is 58.2 Å². The molecule has 0 aliphatic carbocycles. The first-order valence-electron chi connectivity index (χ1n) is 6.89. The maximum Gasteiger partial charge on any atom is 0.410 e. The number of carbonyl (C=O) groups is 1. The van der Waals surface area contributed by atoms with Gasteiger partial charge in [0.2, 0.25) is 0 Å². The Morgan fingerprint density at radius 3 is 3.19 bits per heavy atom. The van der Waals surface area contributed by atoms with Crippen LogP contribution in [0.15, 0.2) is 30.6 Å². The van der Waals surface area contributed by atoms with Crippen molar-refractivity contribution < 1.29 is 9.53 Å². The summed E-state index contributed by atoms with van der Waals surface area (Å²) in [6.07, 6.45) is 6.31. The molecule has 1 N–H and O–H groups in total. The molecule has 0 atom stereocenters. The second-order valence-corrected chi connectivity index (χ2v) is 5.21. The zero-order valence-corrected chi connectivity index (χ0v) is 12.3. The van der Waals surface area contributed by atoms with Crippen LogP contribution in [0.2, 0.25) is 0 Å². The third kappa shape index (κ3) is 2.88. The van der Waals surface area contributed by atoms with E-state index in [1.54, 1.807) is 11.1 Å². The lowest BCUT2D eigenvalue weighted by Crippen LogP contribution is -2.35. The molecule has 3 heterocycles. The molecule has 21 heavy (non-hydrogen) atoms. The van der Waals surface area contributed by atoms with Crippen LogP contribution in [0.25, 0.3) is 16.6 Å². The Kier molecular flexibility index (Phi) is 4.10. The summed E-state index contributed by atoms with van der Waals surface area (Å²) in [4.78, 5) is 21.1. The van der Waals surface area contributed by atoms with Gasteiger partial charge in [-0.1, -0.05) is 6.08 Å². The van der Waals surface area contributed by atoms with Crippen LogP contribution in [0.4, 0.5) is 4.79 Å². The third-order valence-corrected chi connectivity index (χ3v) is 3.71. The fourth-order valence-corrected chi connectivity index (χ4v) is 2.57. The van der Waals surface area contributed by atoms with Gasteiger partial charge in [0, 0.05) is 31.0 Å². The van der Waals surface area contributed by atoms with Gasteiger partial charge in [-0.15, -0.1) is 11.6 Å². The summed E-state index contributed by atoms with van der Waals surface area (Å²) in [6, 6.07) is 3.91. The first kappa shape index (κ1) is 13.9. The Labute approximate surface area is 127 Å². The number of carbonyl (C=O) groups excluding carboxylic acids is 1. The number of aromatic nitrogens is 2. The summed E-state index contributed by atoms with van der Waals surface area (Å²) >= 11 is 5.51. The second-order valence-electron chi connectivity index (χ2n) is 4.83. The fourth-order valence-electron chi connectivity index (χ4n) is 2.50. The zero-order valence-electron chi connectivity index (χ0n) is 11.5. The standard InChI is InChI=1S/C15H16ClN3O2/c16-5-9-21-15(20)19-7-3-11(4-8-19)12-10-18-13-2-1-6-17-14(12)13/h1-3,6,10,18H,4-5,7-9H2. The van der Waals surface area contributed by atoms with Gasteiger partial charge in [0.05, 0.1) is 16.9 Å². The molecule has 0 saturated heterocycles. The largest absolute Gasteiger partial charge is 0.448 e. The Bertz CT molecular complexity index is 680. The van der Waals surface area contributed by atoms with Gasteiger partial charge in [-0.25, -0.2) is 4.79 Å². The van der Waals surface area contributed by atoms with E-state index in [0.717, 1.165) is 23.0 Å². The zero-order chi connectivity index (χ0) is 14.7. The van der Waals surface area contributed by atoms with Crippen LogP contribution in [0.3, 0.4) is 0 Å². The molecule has 0 aromatic carbocycles. The average Bonchev–Trinajstić information content (AvgIpc) is 2.97. The van der Waals surface area contributed by atoms with Gasteiger partial charge in [0.25, 0.3) is 0 Å². The lowest BCUT2D eigenvalue weighted by Gasteiger charge is -2.25. The number of aromatic amines is 1. The predicted octanol–water partition coefficient (Wildman–Crippen LogP) is 3.03. The number of ether oxygens (including phenoxy) is 1. The average molecular weight is 306 g/mol. The van der Waals surface area contributed by atoms with E-state index in [2.05, 4.69) is 16.0 Å². The highest BCUT2D eigenvalue weighted by Crippen LogP contribution is 2.27. The normalized spacial score (nSPS) is 15.1. The van der Waals surface area contributed by atoms with Crippen molar-refractivity contribution in [2.75, 3.05) is 25.6 Å². The van der Waals surface area contributed by atoms with Crippen LogP contribution in [0, 0.1) is 0 Å². The van der Waals surface area contributed by atoms with Gasteiger partial charge in [-0.05, 0) is 24.1 Å². The van der Waals surface area contributed by atoms with E-state index in [1.165, 1.54) is 5.57 Å². The predicted molar refractivity (Wildman–Crippen MR) is 82.3 cm³/mol. The molecule has 2 aromatic heterocycles. The number of rotatable bonds is 3. The molecule has 0 unspecified atom stereocenters. The highest BCUT2D eigenvalue weighted by atomic mass is 35.5. The SMILES string of the molecule is O=C(OCCCl)N1CC=C(c2c[nH]c3cccnc23)CC1. The number of fused-ring (bicyclic) bond motifs is 1. The van der Waals surface area contributed by atoms with Crippen molar-refractivity contribution in [3.63, 3.8) is 0 Å².